The molecule has 0 aliphatic carbocycles. The number of pyridine rings is 1. The van der Waals surface area contributed by atoms with Crippen LogP contribution in [0.2, 0.25) is 0 Å². The fraction of sp³-hybridized carbons (Fsp3) is 0.344. The Morgan fingerprint density at radius 3 is 2.58 bits per heavy atom. The average Bonchev–Trinajstić information content (AvgIpc) is 3.61. The minimum absolute atomic E-state index is 0.0767. The number of carboxylic acid groups (broad SMARTS) is 1. The number of nitrogens with one attached hydrogen (secondary N) is 1. The number of ether oxygens (including phenoxy) is 2. The van der Waals surface area contributed by atoms with E-state index in [0.717, 1.165) is 19.3 Å². The van der Waals surface area contributed by atoms with Gasteiger partial charge in [-0.25, -0.2) is 9.18 Å². The van der Waals surface area contributed by atoms with Crippen molar-refractivity contribution >= 4 is 34.7 Å². The minimum atomic E-state index is -1.17. The van der Waals surface area contributed by atoms with Gasteiger partial charge in [0.15, 0.2) is 17.9 Å². The highest BCUT2D eigenvalue weighted by atomic mass is 19.1. The number of hydrogen-bond donors (Lipinski definition) is 2. The number of rotatable bonds is 8. The molecule has 1 aromatic carbocycles. The molecule has 1 unspecified atom stereocenters. The maximum Gasteiger partial charge on any atom is 0.412 e. The molecule has 11 heteroatoms. The molecule has 2 amide bonds. The van der Waals surface area contributed by atoms with Crippen LogP contribution in [0.3, 0.4) is 0 Å². The molecule has 0 bridgehead atoms. The van der Waals surface area contributed by atoms with Gasteiger partial charge >= 0.3 is 6.09 Å². The Hall–Kier alpha value is -4.48. The summed E-state index contributed by atoms with van der Waals surface area (Å²) in [4.78, 5) is 39.5. The predicted molar refractivity (Wildman–Crippen MR) is 158 cm³/mol. The third-order valence-corrected chi connectivity index (χ3v) is 7.27. The van der Waals surface area contributed by atoms with Crippen molar-refractivity contribution in [3.63, 3.8) is 0 Å². The monoisotopic (exact) mass is 591 g/mol. The summed E-state index contributed by atoms with van der Waals surface area (Å²) in [5.41, 5.74) is 1.33. The summed E-state index contributed by atoms with van der Waals surface area (Å²) in [5.74, 6) is -1.65. The van der Waals surface area contributed by atoms with E-state index in [0.29, 0.717) is 28.9 Å². The number of ketones is 1. The van der Waals surface area contributed by atoms with E-state index in [1.165, 1.54) is 46.9 Å². The molecule has 0 radical (unpaired) electrons. The molecular formula is C32H34FN3O7. The van der Waals surface area contributed by atoms with Gasteiger partial charge in [0.2, 0.25) is 0 Å². The molecule has 226 valence electrons. The molecule has 0 saturated carbocycles. The van der Waals surface area contributed by atoms with Crippen LogP contribution in [0.1, 0.15) is 73.4 Å². The lowest BCUT2D eigenvalue weighted by molar-refractivity contribution is -0.168. The second-order valence-electron chi connectivity index (χ2n) is 11.5. The number of aromatic nitrogens is 1. The normalized spacial score (nSPS) is 15.4. The summed E-state index contributed by atoms with van der Waals surface area (Å²) in [6.07, 6.45) is 5.57. The quantitative estimate of drug-likeness (QED) is 0.209. The minimum Gasteiger partial charge on any atom is -0.472 e. The number of carbonyl (C=O) groups is 3. The van der Waals surface area contributed by atoms with Crippen molar-refractivity contribution in [3.8, 4) is 11.1 Å². The van der Waals surface area contributed by atoms with Gasteiger partial charge in [-0.15, -0.1) is 0 Å². The van der Waals surface area contributed by atoms with Crippen molar-refractivity contribution in [1.29, 1.82) is 0 Å². The van der Waals surface area contributed by atoms with Crippen LogP contribution in [-0.4, -0.2) is 45.7 Å². The molecule has 1 aliphatic heterocycles. The maximum atomic E-state index is 15.9. The maximum absolute atomic E-state index is 15.9. The van der Waals surface area contributed by atoms with Crippen molar-refractivity contribution in [2.45, 2.75) is 65.4 Å². The summed E-state index contributed by atoms with van der Waals surface area (Å²) in [6, 6.07) is 9.27. The fourth-order valence-corrected chi connectivity index (χ4v) is 5.27. The predicted octanol–water partition coefficient (Wildman–Crippen LogP) is 7.12. The van der Waals surface area contributed by atoms with Crippen LogP contribution < -0.4 is 10.2 Å². The second-order valence-corrected chi connectivity index (χ2v) is 11.5. The number of hydrogen-bond acceptors (Lipinski definition) is 6. The van der Waals surface area contributed by atoms with Gasteiger partial charge in [0.1, 0.15) is 0 Å². The zero-order valence-electron chi connectivity index (χ0n) is 24.5. The van der Waals surface area contributed by atoms with Crippen molar-refractivity contribution < 1.29 is 37.8 Å². The Kier molecular flexibility index (Phi) is 8.38. The van der Waals surface area contributed by atoms with Crippen LogP contribution >= 0.6 is 0 Å². The largest absolute Gasteiger partial charge is 0.472 e. The lowest BCUT2D eigenvalue weighted by atomic mass is 10.0. The number of halogens is 1. The van der Waals surface area contributed by atoms with Gasteiger partial charge in [-0.2, -0.15) is 0 Å². The molecule has 1 aliphatic rings. The zero-order valence-corrected chi connectivity index (χ0v) is 24.5. The van der Waals surface area contributed by atoms with Crippen molar-refractivity contribution in [1.82, 2.24) is 4.40 Å². The standard InChI is InChI=1S/C32H34FN3O7/c1-19(37)26-16-24(27-15-22(8-10-35(26)27)36(31(39)40)32(2,3)4)30(38)34-25-14-20(17-43-28-7-5-6-11-42-28)13-23(29(25)33)21-9-12-41-18-21/h8-10,12-16,18,28H,5-7,11,17H2,1-4H3,(H,34,38)(H,39,40). The van der Waals surface area contributed by atoms with E-state index in [4.69, 9.17) is 13.9 Å². The SMILES string of the molecule is CC(=O)c1cc(C(=O)Nc2cc(COC3CCCCO3)cc(-c3ccoc3)c2F)c2cc(N(C(=O)O)C(C)(C)C)ccn12. The van der Waals surface area contributed by atoms with Crippen LogP contribution in [-0.2, 0) is 16.1 Å². The molecule has 1 saturated heterocycles. The third kappa shape index (κ3) is 6.32. The Balaban J connectivity index is 1.54. The van der Waals surface area contributed by atoms with Gasteiger partial charge in [0, 0.05) is 36.4 Å². The molecule has 4 aromatic rings. The number of nitrogens with zero attached hydrogens (tertiary/aromatic N) is 2. The van der Waals surface area contributed by atoms with Gasteiger partial charge in [-0.05, 0) is 82.0 Å². The van der Waals surface area contributed by atoms with Crippen LogP contribution in [0.15, 0.2) is 59.5 Å². The number of carbonyl (C=O) groups excluding carboxylic acids is 2. The number of anilines is 2. The van der Waals surface area contributed by atoms with Crippen molar-refractivity contribution in [3.05, 3.63) is 77.8 Å². The van der Waals surface area contributed by atoms with Gasteiger partial charge < -0.3 is 28.7 Å². The van der Waals surface area contributed by atoms with Crippen molar-refractivity contribution in [2.24, 2.45) is 0 Å². The van der Waals surface area contributed by atoms with E-state index >= 15 is 4.39 Å². The number of benzene rings is 1. The zero-order chi connectivity index (χ0) is 30.9. The molecular weight excluding hydrogens is 557 g/mol. The third-order valence-electron chi connectivity index (χ3n) is 7.27. The van der Waals surface area contributed by atoms with E-state index in [-0.39, 0.29) is 41.2 Å². The molecule has 43 heavy (non-hydrogen) atoms. The first kappa shape index (κ1) is 30.0. The Morgan fingerprint density at radius 1 is 1.16 bits per heavy atom. The average molecular weight is 592 g/mol. The molecule has 4 heterocycles. The molecule has 1 atom stereocenters. The smallest absolute Gasteiger partial charge is 0.412 e. The van der Waals surface area contributed by atoms with Gasteiger partial charge in [0.25, 0.3) is 5.91 Å². The first-order valence-electron chi connectivity index (χ1n) is 14.0. The highest BCUT2D eigenvalue weighted by Crippen LogP contribution is 2.33. The highest BCUT2D eigenvalue weighted by molar-refractivity contribution is 6.12. The van der Waals surface area contributed by atoms with Crippen LogP contribution in [0.5, 0.6) is 0 Å². The molecule has 10 nitrogen and oxygen atoms in total. The van der Waals surface area contributed by atoms with Crippen molar-refractivity contribution in [2.75, 3.05) is 16.8 Å². The number of amides is 2. The van der Waals surface area contributed by atoms with E-state index < -0.39 is 23.4 Å². The van der Waals surface area contributed by atoms with Gasteiger partial charge in [-0.3, -0.25) is 14.5 Å². The molecule has 2 N–H and O–H groups in total. The molecule has 1 fully saturated rings. The number of fused-ring (bicyclic) bond motifs is 1. The Labute approximate surface area is 248 Å². The summed E-state index contributed by atoms with van der Waals surface area (Å²) in [5, 5.41) is 12.6. The van der Waals surface area contributed by atoms with Gasteiger partial charge in [-0.1, -0.05) is 0 Å². The van der Waals surface area contributed by atoms with Crippen LogP contribution in [0.25, 0.3) is 16.6 Å². The van der Waals surface area contributed by atoms with E-state index in [2.05, 4.69) is 5.32 Å². The molecule has 3 aromatic heterocycles. The van der Waals surface area contributed by atoms with E-state index in [1.54, 1.807) is 45.2 Å². The molecule has 5 rings (SSSR count). The van der Waals surface area contributed by atoms with E-state index in [1.807, 2.05) is 0 Å². The summed E-state index contributed by atoms with van der Waals surface area (Å²) < 4.78 is 34.1. The summed E-state index contributed by atoms with van der Waals surface area (Å²) in [6.45, 7) is 7.35. The Morgan fingerprint density at radius 2 is 1.95 bits per heavy atom. The fourth-order valence-electron chi connectivity index (χ4n) is 5.27. The van der Waals surface area contributed by atoms with Gasteiger partial charge in [0.05, 0.1) is 47.3 Å². The lowest BCUT2D eigenvalue weighted by Gasteiger charge is -2.33. The first-order chi connectivity index (χ1) is 20.4. The topological polar surface area (TPSA) is 123 Å². The number of Topliss-reactive ketones (excluding diaryl/α,β-unsaturated/α-hetero) is 1. The second kappa shape index (κ2) is 12.0. The lowest BCUT2D eigenvalue weighted by Crippen LogP contribution is -2.45. The molecule has 0 spiro atoms. The van der Waals surface area contributed by atoms with Crippen LogP contribution in [0, 0.1) is 5.82 Å². The van der Waals surface area contributed by atoms with E-state index in [9.17, 15) is 19.5 Å². The summed E-state index contributed by atoms with van der Waals surface area (Å²) in [7, 11) is 0. The first-order valence-corrected chi connectivity index (χ1v) is 14.0. The summed E-state index contributed by atoms with van der Waals surface area (Å²) >= 11 is 0. The highest BCUT2D eigenvalue weighted by Gasteiger charge is 2.29. The van der Waals surface area contributed by atoms with Crippen LogP contribution in [0.4, 0.5) is 20.6 Å². The Bertz CT molecular complexity index is 1660. The number of furan rings is 1.